The summed E-state index contributed by atoms with van der Waals surface area (Å²) >= 11 is 6.65. The van der Waals surface area contributed by atoms with Crippen LogP contribution < -0.4 is 10.5 Å². The number of halogens is 2. The van der Waals surface area contributed by atoms with Crippen LogP contribution in [0.25, 0.3) is 0 Å². The number of thiophene rings is 1. The van der Waals surface area contributed by atoms with E-state index in [0.717, 1.165) is 27.8 Å². The van der Waals surface area contributed by atoms with Gasteiger partial charge in [0.05, 0.1) is 10.7 Å². The van der Waals surface area contributed by atoms with Gasteiger partial charge in [-0.15, -0.1) is 11.3 Å². The molecule has 2 aromatic rings. The molecule has 0 aliphatic rings. The molecule has 0 aliphatic heterocycles. The molecule has 1 aromatic carbocycles. The first-order valence-corrected chi connectivity index (χ1v) is 8.28. The number of hydrogen-bond acceptors (Lipinski definition) is 4. The highest BCUT2D eigenvalue weighted by Crippen LogP contribution is 2.28. The highest BCUT2D eigenvalue weighted by molar-refractivity contribution is 7.94. The minimum absolute atomic E-state index is 0.0645. The summed E-state index contributed by atoms with van der Waals surface area (Å²) in [4.78, 5) is 0.799. The molecule has 1 aromatic heterocycles. The van der Waals surface area contributed by atoms with E-state index in [-0.39, 0.29) is 21.5 Å². The maximum atomic E-state index is 13.3. The monoisotopic (exact) mass is 334 g/mol. The quantitative estimate of drug-likeness (QED) is 0.902. The average Bonchev–Trinajstić information content (AvgIpc) is 2.76. The van der Waals surface area contributed by atoms with Crippen molar-refractivity contribution in [3.8, 4) is 0 Å². The van der Waals surface area contributed by atoms with E-state index in [0.29, 0.717) is 0 Å². The fourth-order valence-corrected chi connectivity index (χ4v) is 4.22. The number of hydrogen-bond donors (Lipinski definition) is 2. The van der Waals surface area contributed by atoms with E-state index in [9.17, 15) is 12.8 Å². The molecule has 0 saturated carbocycles. The molecule has 0 atom stereocenters. The Bertz CT molecular complexity index is 744. The Morgan fingerprint density at radius 2 is 2.10 bits per heavy atom. The Hall–Kier alpha value is -1.15. The molecule has 8 heteroatoms. The van der Waals surface area contributed by atoms with Crippen LogP contribution in [0.4, 0.5) is 10.1 Å². The van der Waals surface area contributed by atoms with Crippen LogP contribution >= 0.6 is 22.9 Å². The van der Waals surface area contributed by atoms with E-state index >= 15 is 0 Å². The summed E-state index contributed by atoms with van der Waals surface area (Å²) in [5.74, 6) is -0.683. The smallest absolute Gasteiger partial charge is 0.271 e. The summed E-state index contributed by atoms with van der Waals surface area (Å²) in [5.41, 5.74) is 6.46. The van der Waals surface area contributed by atoms with Crippen molar-refractivity contribution < 1.29 is 12.8 Å². The molecule has 0 bridgehead atoms. The molecule has 1 heterocycles. The zero-order valence-corrected chi connectivity index (χ0v) is 12.9. The Morgan fingerprint density at radius 3 is 2.65 bits per heavy atom. The van der Waals surface area contributed by atoms with Crippen molar-refractivity contribution >= 4 is 38.6 Å². The van der Waals surface area contributed by atoms with Gasteiger partial charge in [-0.2, -0.15) is 0 Å². The second kappa shape index (κ2) is 5.69. The lowest BCUT2D eigenvalue weighted by molar-refractivity contribution is 0.603. The third kappa shape index (κ3) is 3.12. The molecule has 0 fully saturated rings. The Morgan fingerprint density at radius 1 is 1.40 bits per heavy atom. The SMILES string of the molecule is Cc1cc(S(=O)(=O)Nc2ccc(Cl)c(F)c2)sc1CN. The topological polar surface area (TPSA) is 72.2 Å². The van der Waals surface area contributed by atoms with Crippen molar-refractivity contribution in [2.75, 3.05) is 4.72 Å². The van der Waals surface area contributed by atoms with Crippen LogP contribution in [0, 0.1) is 12.7 Å². The van der Waals surface area contributed by atoms with Crippen molar-refractivity contribution in [3.63, 3.8) is 0 Å². The van der Waals surface area contributed by atoms with E-state index in [1.807, 2.05) is 0 Å². The van der Waals surface area contributed by atoms with Crippen molar-refractivity contribution in [1.82, 2.24) is 0 Å². The van der Waals surface area contributed by atoms with Gasteiger partial charge in [0.25, 0.3) is 10.0 Å². The van der Waals surface area contributed by atoms with Gasteiger partial charge in [0.15, 0.2) is 0 Å². The highest BCUT2D eigenvalue weighted by Gasteiger charge is 2.19. The number of benzene rings is 1. The van der Waals surface area contributed by atoms with Crippen molar-refractivity contribution in [2.45, 2.75) is 17.7 Å². The third-order valence-electron chi connectivity index (χ3n) is 2.62. The summed E-state index contributed by atoms with van der Waals surface area (Å²) in [5, 5.41) is -0.0645. The Labute approximate surface area is 125 Å². The minimum atomic E-state index is -3.75. The third-order valence-corrected chi connectivity index (χ3v) is 6.04. The van der Waals surface area contributed by atoms with Gasteiger partial charge in [0.2, 0.25) is 0 Å². The van der Waals surface area contributed by atoms with Crippen LogP contribution in [0.2, 0.25) is 5.02 Å². The van der Waals surface area contributed by atoms with E-state index < -0.39 is 15.8 Å². The van der Waals surface area contributed by atoms with Crippen LogP contribution in [0.5, 0.6) is 0 Å². The summed E-state index contributed by atoms with van der Waals surface area (Å²) in [6.07, 6.45) is 0. The zero-order valence-electron chi connectivity index (χ0n) is 10.5. The summed E-state index contributed by atoms with van der Waals surface area (Å²) in [7, 11) is -3.75. The zero-order chi connectivity index (χ0) is 14.9. The van der Waals surface area contributed by atoms with Gasteiger partial charge in [0.1, 0.15) is 10.0 Å². The summed E-state index contributed by atoms with van der Waals surface area (Å²) in [6, 6.07) is 5.26. The standard InChI is InChI=1S/C12H12ClFN2O2S2/c1-7-4-12(19-11(7)6-15)20(17,18)16-8-2-3-9(13)10(14)5-8/h2-5,16H,6,15H2,1H3. The normalized spacial score (nSPS) is 11.6. The first-order chi connectivity index (χ1) is 9.33. The molecule has 3 N–H and O–H groups in total. The maximum absolute atomic E-state index is 13.3. The van der Waals surface area contributed by atoms with E-state index in [1.54, 1.807) is 13.0 Å². The van der Waals surface area contributed by atoms with Gasteiger partial charge in [-0.1, -0.05) is 11.6 Å². The molecule has 0 aliphatic carbocycles. The largest absolute Gasteiger partial charge is 0.326 e. The van der Waals surface area contributed by atoms with E-state index in [4.69, 9.17) is 17.3 Å². The summed E-state index contributed by atoms with van der Waals surface area (Å²) < 4.78 is 40.1. The van der Waals surface area contributed by atoms with E-state index in [1.165, 1.54) is 12.1 Å². The molecule has 0 unspecified atom stereocenters. The fourth-order valence-electron chi connectivity index (χ4n) is 1.59. The number of nitrogens with two attached hydrogens (primary N) is 1. The molecule has 0 radical (unpaired) electrons. The molecular weight excluding hydrogens is 323 g/mol. The number of aryl methyl sites for hydroxylation is 1. The molecule has 0 amide bonds. The van der Waals surface area contributed by atoms with Gasteiger partial charge in [-0.25, -0.2) is 12.8 Å². The predicted molar refractivity (Wildman–Crippen MR) is 79.2 cm³/mol. The van der Waals surface area contributed by atoms with E-state index in [2.05, 4.69) is 4.72 Å². The van der Waals surface area contributed by atoms with Crippen molar-refractivity contribution in [3.05, 3.63) is 45.5 Å². The van der Waals surface area contributed by atoms with Gasteiger partial charge >= 0.3 is 0 Å². The lowest BCUT2D eigenvalue weighted by Crippen LogP contribution is -2.11. The maximum Gasteiger partial charge on any atom is 0.271 e. The number of rotatable bonds is 4. The first-order valence-electron chi connectivity index (χ1n) is 5.60. The van der Waals surface area contributed by atoms with Gasteiger partial charge in [-0.3, -0.25) is 4.72 Å². The second-order valence-corrected chi connectivity index (χ2v) is 7.56. The number of sulfonamides is 1. The molecule has 108 valence electrons. The Balaban J connectivity index is 2.32. The second-order valence-electron chi connectivity index (χ2n) is 4.11. The molecule has 0 saturated heterocycles. The van der Waals surface area contributed by atoms with Gasteiger partial charge < -0.3 is 5.73 Å². The van der Waals surface area contributed by atoms with Crippen LogP contribution in [0.1, 0.15) is 10.4 Å². The molecule has 2 rings (SSSR count). The van der Waals surface area contributed by atoms with Crippen LogP contribution in [-0.4, -0.2) is 8.42 Å². The lowest BCUT2D eigenvalue weighted by Gasteiger charge is -2.06. The summed E-state index contributed by atoms with van der Waals surface area (Å²) in [6.45, 7) is 2.07. The van der Waals surface area contributed by atoms with Gasteiger partial charge in [-0.05, 0) is 36.8 Å². The molecule has 4 nitrogen and oxygen atoms in total. The number of nitrogens with one attached hydrogen (secondary N) is 1. The fraction of sp³-hybridized carbons (Fsp3) is 0.167. The molecule has 0 spiro atoms. The molecule has 20 heavy (non-hydrogen) atoms. The number of anilines is 1. The van der Waals surface area contributed by atoms with Crippen molar-refractivity contribution in [1.29, 1.82) is 0 Å². The Kier molecular flexibility index (Phi) is 4.33. The average molecular weight is 335 g/mol. The van der Waals surface area contributed by atoms with Crippen LogP contribution in [0.3, 0.4) is 0 Å². The highest BCUT2D eigenvalue weighted by atomic mass is 35.5. The van der Waals surface area contributed by atoms with Crippen molar-refractivity contribution in [2.24, 2.45) is 5.73 Å². The van der Waals surface area contributed by atoms with Crippen LogP contribution in [0.15, 0.2) is 28.5 Å². The van der Waals surface area contributed by atoms with Crippen LogP contribution in [-0.2, 0) is 16.6 Å². The lowest BCUT2D eigenvalue weighted by atomic mass is 10.3. The minimum Gasteiger partial charge on any atom is -0.326 e. The first kappa shape index (κ1) is 15.2. The molecular formula is C12H12ClFN2O2S2. The van der Waals surface area contributed by atoms with Gasteiger partial charge in [0, 0.05) is 11.4 Å². The predicted octanol–water partition coefficient (Wildman–Crippen LogP) is 3.11.